The molecule has 0 heterocycles. The molecule has 14 heteroatoms. The molecule has 0 aromatic heterocycles. The van der Waals surface area contributed by atoms with Gasteiger partial charge in [0, 0.05) is 44.5 Å². The second-order valence-electron chi connectivity index (χ2n) is 6.70. The number of alkyl halides is 9. The molecule has 0 aliphatic rings. The predicted octanol–water partition coefficient (Wildman–Crippen LogP) is 4.52. The van der Waals surface area contributed by atoms with Crippen molar-refractivity contribution in [2.24, 2.45) is 0 Å². The van der Waals surface area contributed by atoms with E-state index < -0.39 is 30.7 Å². The fraction of sp³-hybridized carbons (Fsp3) is 0.706. The van der Waals surface area contributed by atoms with E-state index in [0.29, 0.717) is 12.1 Å². The van der Waals surface area contributed by atoms with Crippen molar-refractivity contribution in [2.45, 2.75) is 77.3 Å². The summed E-state index contributed by atoms with van der Waals surface area (Å²) in [6.07, 6.45) is -0.500. The van der Waals surface area contributed by atoms with E-state index in [4.69, 9.17) is 15.3 Å². The van der Waals surface area contributed by atoms with Gasteiger partial charge in [0.25, 0.3) is 0 Å². The van der Waals surface area contributed by atoms with E-state index in [1.807, 2.05) is 0 Å². The molecular formula is C17H28F9O3SiZr-. The topological polar surface area (TPSA) is 60.7 Å². The summed E-state index contributed by atoms with van der Waals surface area (Å²) in [6, 6.07) is 1.84. The third-order valence-corrected chi connectivity index (χ3v) is 6.12. The van der Waals surface area contributed by atoms with E-state index in [0.717, 1.165) is 0 Å². The van der Waals surface area contributed by atoms with Gasteiger partial charge in [0.1, 0.15) is 0 Å². The van der Waals surface area contributed by atoms with Crippen LogP contribution < -0.4 is 5.19 Å². The minimum atomic E-state index is -7.72. The van der Waals surface area contributed by atoms with Crippen molar-refractivity contribution in [1.29, 1.82) is 0 Å². The molecule has 3 N–H and O–H groups in total. The normalized spacial score (nSPS) is 12.2. The van der Waals surface area contributed by atoms with Crippen LogP contribution in [0.5, 0.6) is 0 Å². The first-order valence-corrected chi connectivity index (χ1v) is 10.5. The first-order valence-electron chi connectivity index (χ1n) is 8.52. The average Bonchev–Trinajstić information content (AvgIpc) is 2.84. The molecular weight excluding hydrogens is 542 g/mol. The molecule has 0 radical (unpaired) electrons. The van der Waals surface area contributed by atoms with Crippen LogP contribution in [0.2, 0.25) is 0 Å². The molecule has 1 rings (SSSR count). The summed E-state index contributed by atoms with van der Waals surface area (Å²) in [5, 5.41) is 22.4. The minimum absolute atomic E-state index is 0. The molecule has 0 fully saturated rings. The van der Waals surface area contributed by atoms with Crippen LogP contribution in [-0.4, -0.2) is 59.1 Å². The van der Waals surface area contributed by atoms with E-state index in [-0.39, 0.29) is 56.6 Å². The van der Waals surface area contributed by atoms with Gasteiger partial charge in [-0.25, -0.2) is 12.1 Å². The number of hydrogen-bond donors (Lipinski definition) is 3. The maximum atomic E-state index is 12.6. The van der Waals surface area contributed by atoms with Crippen LogP contribution in [-0.2, 0) is 26.2 Å². The first kappa shape index (κ1) is 38.0. The predicted molar refractivity (Wildman–Crippen MR) is 97.7 cm³/mol. The Morgan fingerprint density at radius 1 is 0.581 bits per heavy atom. The molecule has 0 aliphatic heterocycles. The Morgan fingerprint density at radius 3 is 0.871 bits per heavy atom. The molecule has 0 unspecified atom stereocenters. The van der Waals surface area contributed by atoms with Gasteiger partial charge in [-0.15, -0.1) is 5.19 Å². The fourth-order valence-electron chi connectivity index (χ4n) is 1.60. The van der Waals surface area contributed by atoms with Crippen LogP contribution in [0.3, 0.4) is 0 Å². The molecule has 0 saturated carbocycles. The van der Waals surface area contributed by atoms with Crippen molar-refractivity contribution in [3.8, 4) is 0 Å². The third kappa shape index (κ3) is 14.5. The van der Waals surface area contributed by atoms with Crippen LogP contribution >= 0.6 is 0 Å². The first-order chi connectivity index (χ1) is 13.1. The average molecular weight is 571 g/mol. The molecule has 0 spiro atoms. The molecule has 0 aliphatic carbocycles. The number of halogens is 9. The van der Waals surface area contributed by atoms with Crippen LogP contribution in [0, 0.1) is 0 Å². The Bertz CT molecular complexity index is 482. The third-order valence-electron chi connectivity index (χ3n) is 2.37. The number of aliphatic hydroxyl groups excluding tert-OH is 3. The van der Waals surface area contributed by atoms with Gasteiger partial charge in [0.15, 0.2) is 0 Å². The Balaban J connectivity index is -0.000000232. The Morgan fingerprint density at radius 2 is 0.742 bits per heavy atom. The molecule has 1 aromatic rings. The van der Waals surface area contributed by atoms with Gasteiger partial charge >= 0.3 is 25.5 Å². The second-order valence-corrected chi connectivity index (χ2v) is 10.5. The summed E-state index contributed by atoms with van der Waals surface area (Å²) >= 11 is 0. The molecule has 186 valence electrons. The molecule has 0 bridgehead atoms. The van der Waals surface area contributed by atoms with E-state index in [2.05, 4.69) is 0 Å². The molecule has 0 saturated heterocycles. The Kier molecular flexibility index (Phi) is 19.0. The molecule has 0 amide bonds. The monoisotopic (exact) mass is 569 g/mol. The number of aliphatic hydroxyl groups is 3. The van der Waals surface area contributed by atoms with Gasteiger partial charge in [-0.05, 0) is 41.5 Å². The van der Waals surface area contributed by atoms with E-state index in [1.165, 1.54) is 0 Å². The summed E-state index contributed by atoms with van der Waals surface area (Å²) in [7, 11) is -7.72. The maximum absolute atomic E-state index is 12.6. The molecule has 31 heavy (non-hydrogen) atoms. The van der Waals surface area contributed by atoms with Gasteiger partial charge < -0.3 is 15.3 Å². The largest absolute Gasteiger partial charge is 0.399 e. The summed E-state index contributed by atoms with van der Waals surface area (Å²) < 4.78 is 113. The van der Waals surface area contributed by atoms with Gasteiger partial charge in [-0.3, -0.25) is 0 Å². The van der Waals surface area contributed by atoms with Crippen molar-refractivity contribution in [3.63, 3.8) is 0 Å². The van der Waals surface area contributed by atoms with Gasteiger partial charge in [0.05, 0.1) is 0 Å². The summed E-state index contributed by atoms with van der Waals surface area (Å²) in [4.78, 5) is 0. The van der Waals surface area contributed by atoms with Crippen LogP contribution in [0.15, 0.2) is 24.3 Å². The number of hydrogen-bond acceptors (Lipinski definition) is 3. The summed E-state index contributed by atoms with van der Waals surface area (Å²) in [5.41, 5.74) is 0. The zero-order valence-corrected chi connectivity index (χ0v) is 21.2. The zero-order valence-electron chi connectivity index (χ0n) is 17.8. The molecule has 3 nitrogen and oxygen atoms in total. The van der Waals surface area contributed by atoms with Gasteiger partial charge in [-0.2, -0.15) is 51.6 Å². The fourth-order valence-corrected chi connectivity index (χ4v) is 4.24. The maximum Gasteiger partial charge on any atom is 0.399 e. The van der Waals surface area contributed by atoms with E-state index in [1.54, 1.807) is 41.5 Å². The van der Waals surface area contributed by atoms with Gasteiger partial charge in [0.2, 0.25) is 0 Å². The van der Waals surface area contributed by atoms with Crippen LogP contribution in [0.4, 0.5) is 39.5 Å². The van der Waals surface area contributed by atoms with Crippen molar-refractivity contribution < 1.29 is 81.0 Å². The standard InChI is InChI=1S/C8H4F9Si.3C3H8O.Zr/c9-6(10,11)18(7(12,13)14,8(15,16)17)5-3-1-2-4-5;3*1-3(2)4;/h1-4H;3*3-4H,1-2H3;/q-1;;;;. The number of rotatable bonds is 1. The Labute approximate surface area is 195 Å². The van der Waals surface area contributed by atoms with Crippen molar-refractivity contribution in [3.05, 3.63) is 24.3 Å². The SMILES string of the molecule is CC(C)O.CC(C)O.CC(C)O.FC(F)(F)[Si]([c-]1cccc1)(C(F)(F)F)C(F)(F)F.[Zr]. The van der Waals surface area contributed by atoms with Gasteiger partial charge in [-0.1, -0.05) is 0 Å². The summed E-state index contributed by atoms with van der Waals surface area (Å²) in [6.45, 7) is 10.3. The Hall–Kier alpha value is -0.300. The summed E-state index contributed by atoms with van der Waals surface area (Å²) in [5.74, 6) is -19.2. The van der Waals surface area contributed by atoms with E-state index in [9.17, 15) is 39.5 Å². The quantitative estimate of drug-likeness (QED) is 0.264. The van der Waals surface area contributed by atoms with E-state index >= 15 is 0 Å². The zero-order chi connectivity index (χ0) is 25.1. The van der Waals surface area contributed by atoms with Crippen LogP contribution in [0.1, 0.15) is 41.5 Å². The molecule has 1 aromatic carbocycles. The van der Waals surface area contributed by atoms with Crippen molar-refractivity contribution in [2.75, 3.05) is 0 Å². The smallest absolute Gasteiger partial charge is 0.394 e. The van der Waals surface area contributed by atoms with Crippen LogP contribution in [0.25, 0.3) is 0 Å². The molecule has 0 atom stereocenters. The van der Waals surface area contributed by atoms with Crippen molar-refractivity contribution >= 4 is 13.3 Å². The minimum Gasteiger partial charge on any atom is -0.394 e. The second kappa shape index (κ2) is 15.5. The van der Waals surface area contributed by atoms with Crippen molar-refractivity contribution in [1.82, 2.24) is 0 Å².